The molecule has 0 saturated heterocycles. The summed E-state index contributed by atoms with van der Waals surface area (Å²) in [5.74, 6) is 1.76. The number of nitrogens with zero attached hydrogens (tertiary/aromatic N) is 2. The van der Waals surface area contributed by atoms with Crippen LogP contribution in [0, 0.1) is 0 Å². The molecule has 0 atom stereocenters. The van der Waals surface area contributed by atoms with Crippen molar-refractivity contribution in [2.24, 2.45) is 0 Å². The minimum absolute atomic E-state index is 0.210. The van der Waals surface area contributed by atoms with Gasteiger partial charge in [0.1, 0.15) is 18.0 Å². The fraction of sp³-hybridized carbons (Fsp3) is 0.667. The average Bonchev–Trinajstić information content (AvgIpc) is 2.35. The number of aromatic nitrogens is 2. The van der Waals surface area contributed by atoms with Gasteiger partial charge in [-0.3, -0.25) is 0 Å². The molecule has 1 aromatic rings. The van der Waals surface area contributed by atoms with E-state index in [4.69, 9.17) is 0 Å². The van der Waals surface area contributed by atoms with Crippen LogP contribution >= 0.6 is 11.8 Å². The van der Waals surface area contributed by atoms with E-state index in [9.17, 15) is 0 Å². The zero-order valence-electron chi connectivity index (χ0n) is 11.1. The Morgan fingerprint density at radius 2 is 1.88 bits per heavy atom. The zero-order valence-corrected chi connectivity index (χ0v) is 11.9. The Morgan fingerprint density at radius 1 is 1.24 bits per heavy atom. The number of nitrogens with one attached hydrogen (secondary N) is 2. The predicted octanol–water partition coefficient (Wildman–Crippen LogP) is 2.85. The Hall–Kier alpha value is -0.970. The van der Waals surface area contributed by atoms with E-state index in [-0.39, 0.29) is 4.75 Å². The van der Waals surface area contributed by atoms with E-state index in [0.717, 1.165) is 31.1 Å². The monoisotopic (exact) mass is 254 g/mol. The van der Waals surface area contributed by atoms with Gasteiger partial charge in [-0.2, -0.15) is 11.8 Å². The van der Waals surface area contributed by atoms with Crippen LogP contribution in [0.4, 0.5) is 11.6 Å². The van der Waals surface area contributed by atoms with Crippen LogP contribution in [0.5, 0.6) is 0 Å². The molecule has 17 heavy (non-hydrogen) atoms. The van der Waals surface area contributed by atoms with Crippen LogP contribution in [0.2, 0.25) is 0 Å². The predicted molar refractivity (Wildman–Crippen MR) is 76.9 cm³/mol. The molecule has 0 aliphatic carbocycles. The van der Waals surface area contributed by atoms with Gasteiger partial charge in [-0.15, -0.1) is 0 Å². The molecule has 0 aromatic carbocycles. The lowest BCUT2D eigenvalue weighted by atomic mass is 10.2. The van der Waals surface area contributed by atoms with Crippen molar-refractivity contribution in [1.82, 2.24) is 9.97 Å². The molecule has 0 aliphatic heterocycles. The van der Waals surface area contributed by atoms with Gasteiger partial charge in [0.25, 0.3) is 0 Å². The molecule has 0 saturated carbocycles. The van der Waals surface area contributed by atoms with E-state index < -0.39 is 0 Å². The van der Waals surface area contributed by atoms with Crippen molar-refractivity contribution in [3.05, 3.63) is 12.4 Å². The first kappa shape index (κ1) is 14.1. The van der Waals surface area contributed by atoms with Gasteiger partial charge >= 0.3 is 0 Å². The summed E-state index contributed by atoms with van der Waals surface area (Å²) in [6.07, 6.45) is 4.80. The van der Waals surface area contributed by atoms with Crippen LogP contribution in [0.25, 0.3) is 0 Å². The highest BCUT2D eigenvalue weighted by Gasteiger charge is 2.15. The summed E-state index contributed by atoms with van der Waals surface area (Å²) in [6, 6.07) is 1.95. The summed E-state index contributed by atoms with van der Waals surface area (Å²) in [4.78, 5) is 8.39. The normalized spacial score (nSPS) is 11.3. The number of hydrogen-bond donors (Lipinski definition) is 2. The van der Waals surface area contributed by atoms with Crippen molar-refractivity contribution < 1.29 is 0 Å². The number of anilines is 2. The van der Waals surface area contributed by atoms with Gasteiger partial charge in [-0.25, -0.2) is 9.97 Å². The Balaban J connectivity index is 2.53. The Kier molecular flexibility index (Phi) is 5.55. The number of hydrogen-bond acceptors (Lipinski definition) is 5. The highest BCUT2D eigenvalue weighted by atomic mass is 32.2. The van der Waals surface area contributed by atoms with Crippen molar-refractivity contribution in [3.8, 4) is 0 Å². The molecule has 0 radical (unpaired) electrons. The molecular weight excluding hydrogens is 232 g/mol. The molecule has 1 rings (SSSR count). The summed E-state index contributed by atoms with van der Waals surface area (Å²) in [6.45, 7) is 8.38. The molecule has 0 amide bonds. The molecule has 1 heterocycles. The van der Waals surface area contributed by atoms with Crippen molar-refractivity contribution >= 4 is 23.4 Å². The van der Waals surface area contributed by atoms with Crippen molar-refractivity contribution in [2.75, 3.05) is 30.0 Å². The van der Waals surface area contributed by atoms with Crippen molar-refractivity contribution in [1.29, 1.82) is 0 Å². The molecule has 0 aliphatic rings. The third-order valence-electron chi connectivity index (χ3n) is 2.47. The summed E-state index contributed by atoms with van der Waals surface area (Å²) in [5, 5.41) is 6.59. The molecule has 96 valence electrons. The second-order valence-corrected chi connectivity index (χ2v) is 6.05. The lowest BCUT2D eigenvalue weighted by Gasteiger charge is -2.22. The Labute approximate surface area is 108 Å². The topological polar surface area (TPSA) is 49.8 Å². The van der Waals surface area contributed by atoms with E-state index >= 15 is 0 Å². The van der Waals surface area contributed by atoms with Gasteiger partial charge in [0.15, 0.2) is 0 Å². The molecule has 1 aromatic heterocycles. The molecule has 0 fully saturated rings. The van der Waals surface area contributed by atoms with Gasteiger partial charge < -0.3 is 10.6 Å². The smallest absolute Gasteiger partial charge is 0.131 e. The fourth-order valence-corrected chi connectivity index (χ4v) is 1.40. The highest BCUT2D eigenvalue weighted by Crippen LogP contribution is 2.21. The quantitative estimate of drug-likeness (QED) is 0.783. The average molecular weight is 254 g/mol. The molecule has 0 spiro atoms. The maximum absolute atomic E-state index is 4.21. The van der Waals surface area contributed by atoms with Crippen LogP contribution in [-0.2, 0) is 0 Å². The maximum Gasteiger partial charge on any atom is 0.131 e. The van der Waals surface area contributed by atoms with E-state index in [2.05, 4.69) is 47.6 Å². The van der Waals surface area contributed by atoms with Crippen LogP contribution in [0.15, 0.2) is 12.4 Å². The van der Waals surface area contributed by atoms with Gasteiger partial charge in [0.2, 0.25) is 0 Å². The van der Waals surface area contributed by atoms with Crippen LogP contribution < -0.4 is 10.6 Å². The molecule has 0 bridgehead atoms. The first-order chi connectivity index (χ1) is 8.07. The summed E-state index contributed by atoms with van der Waals surface area (Å²) in [7, 11) is 0. The van der Waals surface area contributed by atoms with Gasteiger partial charge in [-0.05, 0) is 26.5 Å². The third kappa shape index (κ3) is 5.26. The first-order valence-electron chi connectivity index (χ1n) is 5.92. The lowest BCUT2D eigenvalue weighted by Crippen LogP contribution is -2.26. The number of thioether (sulfide) groups is 1. The molecule has 0 unspecified atom stereocenters. The van der Waals surface area contributed by atoms with Crippen LogP contribution in [-0.4, -0.2) is 34.1 Å². The highest BCUT2D eigenvalue weighted by molar-refractivity contribution is 7.99. The van der Waals surface area contributed by atoms with E-state index in [1.807, 2.05) is 17.8 Å². The minimum atomic E-state index is 0.210. The van der Waals surface area contributed by atoms with Crippen LogP contribution in [0.3, 0.4) is 0 Å². The van der Waals surface area contributed by atoms with Gasteiger partial charge in [0.05, 0.1) is 0 Å². The second-order valence-electron chi connectivity index (χ2n) is 4.53. The van der Waals surface area contributed by atoms with Gasteiger partial charge in [-0.1, -0.05) is 6.92 Å². The Morgan fingerprint density at radius 3 is 2.47 bits per heavy atom. The van der Waals surface area contributed by atoms with E-state index in [0.29, 0.717) is 0 Å². The van der Waals surface area contributed by atoms with Crippen LogP contribution in [0.1, 0.15) is 27.2 Å². The third-order valence-corrected chi connectivity index (χ3v) is 3.72. The fourth-order valence-electron chi connectivity index (χ4n) is 1.18. The molecule has 4 nitrogen and oxygen atoms in total. The maximum atomic E-state index is 4.21. The number of rotatable bonds is 7. The summed E-state index contributed by atoms with van der Waals surface area (Å²) < 4.78 is 0.210. The van der Waals surface area contributed by atoms with E-state index in [1.54, 1.807) is 6.33 Å². The molecule has 2 N–H and O–H groups in total. The second kappa shape index (κ2) is 6.69. The van der Waals surface area contributed by atoms with Gasteiger partial charge in [0, 0.05) is 23.9 Å². The van der Waals surface area contributed by atoms with Crippen molar-refractivity contribution in [2.45, 2.75) is 31.9 Å². The molecular formula is C12H22N4S. The zero-order chi connectivity index (χ0) is 12.7. The standard InChI is InChI=1S/C12H22N4S/c1-5-6-13-10-7-11(16-9-15-10)14-8-12(2,3)17-4/h7,9H,5-6,8H2,1-4H3,(H2,13,14,15,16). The first-order valence-corrected chi connectivity index (χ1v) is 7.15. The minimum Gasteiger partial charge on any atom is -0.370 e. The summed E-state index contributed by atoms with van der Waals surface area (Å²) in [5.41, 5.74) is 0. The van der Waals surface area contributed by atoms with E-state index in [1.165, 1.54) is 0 Å². The lowest BCUT2D eigenvalue weighted by molar-refractivity contribution is 0.749. The summed E-state index contributed by atoms with van der Waals surface area (Å²) >= 11 is 1.84. The SMILES string of the molecule is CCCNc1cc(NCC(C)(C)SC)ncn1. The van der Waals surface area contributed by atoms with Crippen molar-refractivity contribution in [3.63, 3.8) is 0 Å². The Bertz CT molecular complexity index is 341. The molecule has 5 heteroatoms. The largest absolute Gasteiger partial charge is 0.370 e.